The number of ketones is 1. The van der Waals surface area contributed by atoms with E-state index in [2.05, 4.69) is 0 Å². The van der Waals surface area contributed by atoms with Crippen LogP contribution in [0.15, 0.2) is 30.3 Å². The van der Waals surface area contributed by atoms with Crippen LogP contribution in [0, 0.1) is 0 Å². The van der Waals surface area contributed by atoms with Gasteiger partial charge < -0.3 is 5.11 Å². The fourth-order valence-electron chi connectivity index (χ4n) is 1.03. The molecule has 0 aliphatic carbocycles. The first kappa shape index (κ1) is 10.2. The van der Waals surface area contributed by atoms with Crippen molar-refractivity contribution in [1.29, 1.82) is 0 Å². The van der Waals surface area contributed by atoms with Crippen molar-refractivity contribution in [3.63, 3.8) is 0 Å². The molecule has 0 heterocycles. The SMILES string of the molecule is O=C(c1ccccc1)C(Cl)CCO. The molecule has 13 heavy (non-hydrogen) atoms. The summed E-state index contributed by atoms with van der Waals surface area (Å²) in [6.45, 7) is -0.0628. The second kappa shape index (κ2) is 5.00. The summed E-state index contributed by atoms with van der Waals surface area (Å²) in [6.07, 6.45) is 0.301. The van der Waals surface area contributed by atoms with Crippen molar-refractivity contribution < 1.29 is 9.90 Å². The molecule has 1 atom stereocenters. The molecule has 0 radical (unpaired) electrons. The number of Topliss-reactive ketones (excluding diaryl/α,β-unsaturated/α-hetero) is 1. The quantitative estimate of drug-likeness (QED) is 0.592. The Bertz CT molecular complexity index is 272. The molecule has 1 unspecified atom stereocenters. The van der Waals surface area contributed by atoms with Gasteiger partial charge >= 0.3 is 0 Å². The van der Waals surface area contributed by atoms with Crippen LogP contribution in [-0.4, -0.2) is 22.9 Å². The van der Waals surface area contributed by atoms with Gasteiger partial charge in [0.2, 0.25) is 0 Å². The van der Waals surface area contributed by atoms with Crippen LogP contribution in [0.1, 0.15) is 16.8 Å². The van der Waals surface area contributed by atoms with Crippen LogP contribution in [0.3, 0.4) is 0 Å². The van der Waals surface area contributed by atoms with E-state index in [1.807, 2.05) is 6.07 Å². The van der Waals surface area contributed by atoms with Crippen LogP contribution < -0.4 is 0 Å². The molecule has 0 aliphatic heterocycles. The van der Waals surface area contributed by atoms with E-state index >= 15 is 0 Å². The van der Waals surface area contributed by atoms with Crippen molar-refractivity contribution in [3.8, 4) is 0 Å². The van der Waals surface area contributed by atoms with Gasteiger partial charge in [0, 0.05) is 12.2 Å². The molecule has 1 N–H and O–H groups in total. The zero-order valence-corrected chi connectivity index (χ0v) is 7.87. The molecule has 0 aliphatic rings. The summed E-state index contributed by atoms with van der Waals surface area (Å²) in [5.41, 5.74) is 0.593. The molecule has 3 heteroatoms. The first-order valence-electron chi connectivity index (χ1n) is 4.10. The average molecular weight is 199 g/mol. The third-order valence-electron chi connectivity index (χ3n) is 1.73. The van der Waals surface area contributed by atoms with Crippen LogP contribution in [0.2, 0.25) is 0 Å². The minimum absolute atomic E-state index is 0.0628. The maximum atomic E-state index is 11.5. The highest BCUT2D eigenvalue weighted by molar-refractivity contribution is 6.33. The first-order chi connectivity index (χ1) is 6.25. The maximum absolute atomic E-state index is 11.5. The molecule has 0 saturated heterocycles. The summed E-state index contributed by atoms with van der Waals surface area (Å²) in [7, 11) is 0. The Morgan fingerprint density at radius 2 is 2.00 bits per heavy atom. The minimum Gasteiger partial charge on any atom is -0.396 e. The molecular weight excluding hydrogens is 188 g/mol. The van der Waals surface area contributed by atoms with Crippen LogP contribution in [0.4, 0.5) is 0 Å². The number of hydrogen-bond donors (Lipinski definition) is 1. The summed E-state index contributed by atoms with van der Waals surface area (Å²) in [5.74, 6) is -0.128. The largest absolute Gasteiger partial charge is 0.396 e. The molecule has 0 aromatic heterocycles. The van der Waals surface area contributed by atoms with E-state index in [0.717, 1.165) is 0 Å². The highest BCUT2D eigenvalue weighted by Crippen LogP contribution is 2.10. The van der Waals surface area contributed by atoms with Crippen LogP contribution >= 0.6 is 11.6 Å². The fourth-order valence-corrected chi connectivity index (χ4v) is 1.25. The Kier molecular flexibility index (Phi) is 3.93. The molecule has 0 amide bonds. The fraction of sp³-hybridized carbons (Fsp3) is 0.300. The van der Waals surface area contributed by atoms with Gasteiger partial charge in [0.05, 0.1) is 5.38 Å². The molecule has 0 saturated carbocycles. The van der Waals surface area contributed by atoms with Crippen molar-refractivity contribution in [3.05, 3.63) is 35.9 Å². The Morgan fingerprint density at radius 1 is 1.38 bits per heavy atom. The second-order valence-corrected chi connectivity index (χ2v) is 3.24. The molecular formula is C10H11ClO2. The molecule has 2 nitrogen and oxygen atoms in total. The number of aliphatic hydroxyl groups is 1. The van der Waals surface area contributed by atoms with Crippen LogP contribution in [0.5, 0.6) is 0 Å². The highest BCUT2D eigenvalue weighted by atomic mass is 35.5. The zero-order chi connectivity index (χ0) is 9.68. The van der Waals surface area contributed by atoms with Crippen molar-refractivity contribution >= 4 is 17.4 Å². The summed E-state index contributed by atoms with van der Waals surface area (Å²) < 4.78 is 0. The van der Waals surface area contributed by atoms with Crippen molar-refractivity contribution in [1.82, 2.24) is 0 Å². The van der Waals surface area contributed by atoms with Gasteiger partial charge in [-0.3, -0.25) is 4.79 Å². The predicted molar refractivity (Wildman–Crippen MR) is 52.1 cm³/mol. The van der Waals surface area contributed by atoms with Gasteiger partial charge in [-0.15, -0.1) is 11.6 Å². The van der Waals surface area contributed by atoms with Gasteiger partial charge in [0.25, 0.3) is 0 Å². The Hall–Kier alpha value is -0.860. The molecule has 1 aromatic carbocycles. The highest BCUT2D eigenvalue weighted by Gasteiger charge is 2.15. The average Bonchev–Trinajstić information content (AvgIpc) is 2.18. The van der Waals surface area contributed by atoms with E-state index in [-0.39, 0.29) is 12.4 Å². The molecule has 0 fully saturated rings. The van der Waals surface area contributed by atoms with E-state index in [4.69, 9.17) is 16.7 Å². The lowest BCUT2D eigenvalue weighted by Crippen LogP contribution is -2.15. The number of carbonyl (C=O) groups excluding carboxylic acids is 1. The summed E-state index contributed by atoms with van der Waals surface area (Å²) in [5, 5.41) is 7.98. The molecule has 1 aromatic rings. The predicted octanol–water partition coefficient (Wildman–Crippen LogP) is 1.86. The van der Waals surface area contributed by atoms with Gasteiger partial charge in [-0.2, -0.15) is 0 Å². The third-order valence-corrected chi connectivity index (χ3v) is 2.14. The second-order valence-electron chi connectivity index (χ2n) is 2.71. The number of aliphatic hydroxyl groups excluding tert-OH is 1. The maximum Gasteiger partial charge on any atom is 0.180 e. The van der Waals surface area contributed by atoms with E-state index < -0.39 is 5.38 Å². The van der Waals surface area contributed by atoms with Gasteiger partial charge in [-0.05, 0) is 6.42 Å². The number of alkyl halides is 1. The van der Waals surface area contributed by atoms with Gasteiger partial charge in [-0.1, -0.05) is 30.3 Å². The Labute approximate surface area is 82.2 Å². The standard InChI is InChI=1S/C10H11ClO2/c11-9(6-7-12)10(13)8-4-2-1-3-5-8/h1-5,9,12H,6-7H2. The van der Waals surface area contributed by atoms with E-state index in [0.29, 0.717) is 12.0 Å². The van der Waals surface area contributed by atoms with Crippen molar-refractivity contribution in [2.24, 2.45) is 0 Å². The normalized spacial score (nSPS) is 12.5. The lowest BCUT2D eigenvalue weighted by molar-refractivity contribution is 0.0976. The molecule has 1 rings (SSSR count). The number of halogens is 1. The number of benzene rings is 1. The minimum atomic E-state index is -0.618. The van der Waals surface area contributed by atoms with E-state index in [1.165, 1.54) is 0 Å². The van der Waals surface area contributed by atoms with E-state index in [9.17, 15) is 4.79 Å². The van der Waals surface area contributed by atoms with Crippen LogP contribution in [0.25, 0.3) is 0 Å². The first-order valence-corrected chi connectivity index (χ1v) is 4.53. The van der Waals surface area contributed by atoms with Crippen molar-refractivity contribution in [2.45, 2.75) is 11.8 Å². The Morgan fingerprint density at radius 3 is 2.54 bits per heavy atom. The van der Waals surface area contributed by atoms with E-state index in [1.54, 1.807) is 24.3 Å². The van der Waals surface area contributed by atoms with Crippen molar-refractivity contribution in [2.75, 3.05) is 6.61 Å². The third kappa shape index (κ3) is 2.83. The Balaban J connectivity index is 2.68. The molecule has 0 spiro atoms. The monoisotopic (exact) mass is 198 g/mol. The number of hydrogen-bond acceptors (Lipinski definition) is 2. The summed E-state index contributed by atoms with van der Waals surface area (Å²) in [4.78, 5) is 11.5. The van der Waals surface area contributed by atoms with Crippen LogP contribution in [-0.2, 0) is 0 Å². The topological polar surface area (TPSA) is 37.3 Å². The van der Waals surface area contributed by atoms with Gasteiger partial charge in [0.15, 0.2) is 5.78 Å². The zero-order valence-electron chi connectivity index (χ0n) is 7.11. The molecule has 70 valence electrons. The van der Waals surface area contributed by atoms with Gasteiger partial charge in [-0.25, -0.2) is 0 Å². The lowest BCUT2D eigenvalue weighted by atomic mass is 10.1. The van der Waals surface area contributed by atoms with Gasteiger partial charge in [0.1, 0.15) is 0 Å². The lowest BCUT2D eigenvalue weighted by Gasteiger charge is -2.05. The number of carbonyl (C=O) groups is 1. The summed E-state index contributed by atoms with van der Waals surface area (Å²) >= 11 is 5.76. The molecule has 0 bridgehead atoms. The smallest absolute Gasteiger partial charge is 0.180 e. The number of rotatable bonds is 4. The summed E-state index contributed by atoms with van der Waals surface area (Å²) in [6, 6.07) is 8.85.